The fourth-order valence-electron chi connectivity index (χ4n) is 3.99. The molecule has 3 atom stereocenters. The first-order chi connectivity index (χ1) is 9.33. The van der Waals surface area contributed by atoms with E-state index in [0.29, 0.717) is 18.6 Å². The molecular formula is C15H19NO3. The van der Waals surface area contributed by atoms with Crippen LogP contribution < -0.4 is 9.47 Å². The third-order valence-electron chi connectivity index (χ3n) is 4.88. The minimum atomic E-state index is 0.286. The van der Waals surface area contributed by atoms with Gasteiger partial charge in [0.2, 0.25) is 6.79 Å². The molecule has 1 aromatic carbocycles. The van der Waals surface area contributed by atoms with Gasteiger partial charge in [-0.3, -0.25) is 0 Å². The van der Waals surface area contributed by atoms with E-state index in [-0.39, 0.29) is 6.04 Å². The van der Waals surface area contributed by atoms with Gasteiger partial charge in [0.1, 0.15) is 0 Å². The number of hydrogen-bond donors (Lipinski definition) is 1. The molecule has 2 heterocycles. The van der Waals surface area contributed by atoms with E-state index in [1.807, 2.05) is 6.07 Å². The van der Waals surface area contributed by atoms with Crippen LogP contribution >= 0.6 is 0 Å². The van der Waals surface area contributed by atoms with Gasteiger partial charge < -0.3 is 14.7 Å². The van der Waals surface area contributed by atoms with Crippen molar-refractivity contribution in [1.82, 2.24) is 5.06 Å². The van der Waals surface area contributed by atoms with E-state index >= 15 is 0 Å². The molecular weight excluding hydrogens is 242 g/mol. The highest BCUT2D eigenvalue weighted by molar-refractivity contribution is 5.45. The Balaban J connectivity index is 1.67. The van der Waals surface area contributed by atoms with Crippen molar-refractivity contribution in [3.8, 4) is 11.5 Å². The first-order valence-electron chi connectivity index (χ1n) is 7.18. The number of hydroxylamine groups is 2. The molecule has 1 saturated carbocycles. The van der Waals surface area contributed by atoms with Crippen molar-refractivity contribution in [2.75, 3.05) is 13.3 Å². The average molecular weight is 261 g/mol. The smallest absolute Gasteiger partial charge is 0.231 e. The number of rotatable bonds is 1. The first-order valence-corrected chi connectivity index (χ1v) is 7.18. The largest absolute Gasteiger partial charge is 0.454 e. The van der Waals surface area contributed by atoms with Crippen LogP contribution in [0.2, 0.25) is 0 Å². The average Bonchev–Trinajstić information content (AvgIpc) is 3.05. The molecule has 4 heteroatoms. The summed E-state index contributed by atoms with van der Waals surface area (Å²) in [5, 5.41) is 11.7. The lowest BCUT2D eigenvalue weighted by Gasteiger charge is -2.36. The molecule has 1 aromatic rings. The molecule has 102 valence electrons. The molecule has 0 amide bonds. The molecule has 2 aliphatic heterocycles. The fraction of sp³-hybridized carbons (Fsp3) is 0.600. The third kappa shape index (κ3) is 1.82. The first kappa shape index (κ1) is 11.6. The Labute approximate surface area is 112 Å². The van der Waals surface area contributed by atoms with Crippen LogP contribution in [0.3, 0.4) is 0 Å². The van der Waals surface area contributed by atoms with Gasteiger partial charge in [0.05, 0.1) is 0 Å². The molecule has 0 radical (unpaired) electrons. The molecule has 0 bridgehead atoms. The van der Waals surface area contributed by atoms with Crippen molar-refractivity contribution in [1.29, 1.82) is 0 Å². The zero-order valence-corrected chi connectivity index (χ0v) is 10.9. The zero-order chi connectivity index (χ0) is 12.8. The zero-order valence-electron chi connectivity index (χ0n) is 10.9. The molecule has 1 N–H and O–H groups in total. The fourth-order valence-corrected chi connectivity index (χ4v) is 3.99. The minimum Gasteiger partial charge on any atom is -0.454 e. The summed E-state index contributed by atoms with van der Waals surface area (Å²) in [6.45, 7) is 1.14. The van der Waals surface area contributed by atoms with Crippen molar-refractivity contribution in [3.63, 3.8) is 0 Å². The van der Waals surface area contributed by atoms with E-state index in [1.165, 1.54) is 18.4 Å². The lowest BCUT2D eigenvalue weighted by Crippen LogP contribution is -2.38. The summed E-state index contributed by atoms with van der Waals surface area (Å²) in [7, 11) is 0. The minimum absolute atomic E-state index is 0.286. The Morgan fingerprint density at radius 1 is 1.11 bits per heavy atom. The highest BCUT2D eigenvalue weighted by Crippen LogP contribution is 2.45. The lowest BCUT2D eigenvalue weighted by atomic mass is 9.74. The monoisotopic (exact) mass is 261 g/mol. The van der Waals surface area contributed by atoms with Gasteiger partial charge in [-0.15, -0.1) is 0 Å². The quantitative estimate of drug-likeness (QED) is 0.844. The van der Waals surface area contributed by atoms with Gasteiger partial charge in [0, 0.05) is 18.5 Å². The Hall–Kier alpha value is -1.26. The molecule has 0 aromatic heterocycles. The summed E-state index contributed by atoms with van der Waals surface area (Å²) in [6, 6.07) is 6.51. The van der Waals surface area contributed by atoms with Crippen LogP contribution in [0.25, 0.3) is 0 Å². The summed E-state index contributed by atoms with van der Waals surface area (Å²) in [4.78, 5) is 0. The van der Waals surface area contributed by atoms with Gasteiger partial charge in [0.15, 0.2) is 11.5 Å². The molecule has 4 rings (SSSR count). The third-order valence-corrected chi connectivity index (χ3v) is 4.88. The van der Waals surface area contributed by atoms with Crippen molar-refractivity contribution < 1.29 is 14.7 Å². The molecule has 1 aliphatic carbocycles. The molecule has 4 nitrogen and oxygen atoms in total. The Morgan fingerprint density at radius 2 is 2.00 bits per heavy atom. The van der Waals surface area contributed by atoms with Crippen LogP contribution in [-0.2, 0) is 0 Å². The van der Waals surface area contributed by atoms with Gasteiger partial charge >= 0.3 is 0 Å². The number of fused-ring (bicyclic) bond motifs is 2. The van der Waals surface area contributed by atoms with E-state index < -0.39 is 0 Å². The van der Waals surface area contributed by atoms with Gasteiger partial charge in [-0.2, -0.15) is 5.06 Å². The standard InChI is InChI=1S/C15H19NO3/c17-16-7-6-10-2-1-3-12(15(10)16)11-4-5-13-14(8-11)19-9-18-13/h4-5,8,10,12,15,17H,1-3,6-7,9H2/t10-,12+,15+/m1/s1. The molecule has 0 unspecified atom stereocenters. The predicted molar refractivity (Wildman–Crippen MR) is 69.5 cm³/mol. The van der Waals surface area contributed by atoms with E-state index in [1.54, 1.807) is 5.06 Å². The summed E-state index contributed by atoms with van der Waals surface area (Å²) >= 11 is 0. The van der Waals surface area contributed by atoms with Crippen LogP contribution in [0, 0.1) is 5.92 Å². The number of ether oxygens (including phenoxy) is 2. The van der Waals surface area contributed by atoms with Crippen LogP contribution in [0.1, 0.15) is 37.2 Å². The van der Waals surface area contributed by atoms with Crippen molar-refractivity contribution >= 4 is 0 Å². The summed E-state index contributed by atoms with van der Waals surface area (Å²) in [5.74, 6) is 2.75. The number of nitrogens with zero attached hydrogens (tertiary/aromatic N) is 1. The van der Waals surface area contributed by atoms with E-state index in [2.05, 4.69) is 12.1 Å². The summed E-state index contributed by atoms with van der Waals surface area (Å²) in [6.07, 6.45) is 4.79. The number of hydrogen-bond acceptors (Lipinski definition) is 4. The van der Waals surface area contributed by atoms with Crippen molar-refractivity contribution in [2.24, 2.45) is 5.92 Å². The normalized spacial score (nSPS) is 33.4. The maximum absolute atomic E-state index is 10.1. The molecule has 0 spiro atoms. The second-order valence-corrected chi connectivity index (χ2v) is 5.85. The van der Waals surface area contributed by atoms with Gasteiger partial charge in [-0.05, 0) is 42.9 Å². The Kier molecular flexibility index (Phi) is 2.67. The molecule has 2 fully saturated rings. The van der Waals surface area contributed by atoms with Crippen molar-refractivity contribution in [3.05, 3.63) is 23.8 Å². The maximum Gasteiger partial charge on any atom is 0.231 e. The van der Waals surface area contributed by atoms with Crippen molar-refractivity contribution in [2.45, 2.75) is 37.6 Å². The molecule has 19 heavy (non-hydrogen) atoms. The SMILES string of the molecule is ON1CC[C@H]2CCC[C@@H](c3ccc4c(c3)OCO4)[C@H]21. The van der Waals surface area contributed by atoms with Crippen LogP contribution in [0.4, 0.5) is 0 Å². The number of benzene rings is 1. The van der Waals surface area contributed by atoms with Crippen LogP contribution in [0.5, 0.6) is 11.5 Å². The lowest BCUT2D eigenvalue weighted by molar-refractivity contribution is -0.120. The van der Waals surface area contributed by atoms with Crippen LogP contribution in [-0.4, -0.2) is 29.7 Å². The van der Waals surface area contributed by atoms with Gasteiger partial charge in [-0.25, -0.2) is 0 Å². The Morgan fingerprint density at radius 3 is 2.95 bits per heavy atom. The second kappa shape index (κ2) is 4.39. The van der Waals surface area contributed by atoms with E-state index in [9.17, 15) is 5.21 Å². The second-order valence-electron chi connectivity index (χ2n) is 5.85. The Bertz CT molecular complexity index is 488. The maximum atomic E-state index is 10.1. The topological polar surface area (TPSA) is 41.9 Å². The highest BCUT2D eigenvalue weighted by atomic mass is 16.7. The predicted octanol–water partition coefficient (Wildman–Crippen LogP) is 2.76. The summed E-state index contributed by atoms with van der Waals surface area (Å²) < 4.78 is 10.8. The van der Waals surface area contributed by atoms with Crippen LogP contribution in [0.15, 0.2) is 18.2 Å². The van der Waals surface area contributed by atoms with Gasteiger partial charge in [0.25, 0.3) is 0 Å². The van der Waals surface area contributed by atoms with E-state index in [0.717, 1.165) is 30.9 Å². The molecule has 3 aliphatic rings. The summed E-state index contributed by atoms with van der Waals surface area (Å²) in [5.41, 5.74) is 1.28. The van der Waals surface area contributed by atoms with Gasteiger partial charge in [-0.1, -0.05) is 12.5 Å². The highest BCUT2D eigenvalue weighted by Gasteiger charge is 2.42. The van der Waals surface area contributed by atoms with E-state index in [4.69, 9.17) is 9.47 Å². The molecule has 1 saturated heterocycles.